The van der Waals surface area contributed by atoms with Gasteiger partial charge in [0.2, 0.25) is 0 Å². The van der Waals surface area contributed by atoms with Crippen LogP contribution in [0.25, 0.3) is 0 Å². The Bertz CT molecular complexity index is 417. The summed E-state index contributed by atoms with van der Waals surface area (Å²) in [5.74, 6) is 0. The quantitative estimate of drug-likeness (QED) is 0.846. The number of benzene rings is 2. The number of hydrogen-bond donors (Lipinski definition) is 1. The van der Waals surface area contributed by atoms with E-state index in [1.165, 1.54) is 11.1 Å². The molecule has 19 heavy (non-hydrogen) atoms. The molecule has 2 aromatic rings. The minimum absolute atomic E-state index is 0. The first kappa shape index (κ1) is 15.7. The Morgan fingerprint density at radius 3 is 1.53 bits per heavy atom. The minimum atomic E-state index is -0.453. The maximum Gasteiger partial charge on any atom is 0.105 e. The van der Waals surface area contributed by atoms with E-state index in [0.717, 1.165) is 13.1 Å². The highest BCUT2D eigenvalue weighted by Crippen LogP contribution is 2.11. The van der Waals surface area contributed by atoms with Gasteiger partial charge in [0.15, 0.2) is 0 Å². The molecule has 2 rings (SSSR count). The number of nitrogens with zero attached hydrogens (tertiary/aromatic N) is 1. The lowest BCUT2D eigenvalue weighted by atomic mass is 10.1. The monoisotopic (exact) mass is 277 g/mol. The molecule has 0 radical (unpaired) electrons. The van der Waals surface area contributed by atoms with Crippen LogP contribution in [0.5, 0.6) is 0 Å². The SMILES string of the molecule is CC(O)N(Cc1ccccc1)Cc1ccccc1.Cl. The second-order valence-electron chi connectivity index (χ2n) is 4.51. The third-order valence-corrected chi connectivity index (χ3v) is 2.99. The molecular weight excluding hydrogens is 258 g/mol. The summed E-state index contributed by atoms with van der Waals surface area (Å²) in [6, 6.07) is 20.5. The molecule has 0 heterocycles. The Balaban J connectivity index is 0.00000180. The van der Waals surface area contributed by atoms with E-state index in [2.05, 4.69) is 24.3 Å². The van der Waals surface area contributed by atoms with E-state index in [0.29, 0.717) is 0 Å². The van der Waals surface area contributed by atoms with Crippen LogP contribution in [0.2, 0.25) is 0 Å². The lowest BCUT2D eigenvalue weighted by Crippen LogP contribution is -2.31. The molecule has 0 aliphatic rings. The van der Waals surface area contributed by atoms with E-state index in [-0.39, 0.29) is 12.4 Å². The Hall–Kier alpha value is -1.35. The number of aliphatic hydroxyl groups excluding tert-OH is 1. The highest BCUT2D eigenvalue weighted by Gasteiger charge is 2.11. The van der Waals surface area contributed by atoms with Gasteiger partial charge in [0.25, 0.3) is 0 Å². The van der Waals surface area contributed by atoms with Crippen molar-refractivity contribution in [1.82, 2.24) is 4.90 Å². The summed E-state index contributed by atoms with van der Waals surface area (Å²) in [4.78, 5) is 2.05. The van der Waals surface area contributed by atoms with Crippen LogP contribution in [0.15, 0.2) is 60.7 Å². The normalized spacial score (nSPS) is 11.9. The minimum Gasteiger partial charge on any atom is -0.379 e. The Morgan fingerprint density at radius 2 is 1.21 bits per heavy atom. The van der Waals surface area contributed by atoms with Crippen molar-refractivity contribution in [2.24, 2.45) is 0 Å². The zero-order chi connectivity index (χ0) is 12.8. The van der Waals surface area contributed by atoms with Gasteiger partial charge in [-0.2, -0.15) is 0 Å². The largest absolute Gasteiger partial charge is 0.379 e. The summed E-state index contributed by atoms with van der Waals surface area (Å²) in [7, 11) is 0. The van der Waals surface area contributed by atoms with E-state index >= 15 is 0 Å². The summed E-state index contributed by atoms with van der Waals surface area (Å²) >= 11 is 0. The maximum atomic E-state index is 9.86. The number of rotatable bonds is 5. The fourth-order valence-electron chi connectivity index (χ4n) is 1.96. The van der Waals surface area contributed by atoms with E-state index < -0.39 is 6.23 Å². The van der Waals surface area contributed by atoms with E-state index in [1.54, 1.807) is 0 Å². The summed E-state index contributed by atoms with van der Waals surface area (Å²) in [6.45, 7) is 3.33. The van der Waals surface area contributed by atoms with E-state index in [9.17, 15) is 5.11 Å². The van der Waals surface area contributed by atoms with Crippen molar-refractivity contribution in [3.05, 3.63) is 71.8 Å². The highest BCUT2D eigenvalue weighted by molar-refractivity contribution is 5.85. The molecular formula is C16H20ClNO. The topological polar surface area (TPSA) is 23.5 Å². The fraction of sp³-hybridized carbons (Fsp3) is 0.250. The van der Waals surface area contributed by atoms with E-state index in [4.69, 9.17) is 0 Å². The molecule has 0 fully saturated rings. The standard InChI is InChI=1S/C16H19NO.ClH/c1-14(18)17(12-15-8-4-2-5-9-15)13-16-10-6-3-7-11-16;/h2-11,14,18H,12-13H2,1H3;1H. The van der Waals surface area contributed by atoms with Crippen molar-refractivity contribution in [3.8, 4) is 0 Å². The molecule has 2 aromatic carbocycles. The van der Waals surface area contributed by atoms with Gasteiger partial charge >= 0.3 is 0 Å². The highest BCUT2D eigenvalue weighted by atomic mass is 35.5. The van der Waals surface area contributed by atoms with Crippen molar-refractivity contribution in [2.75, 3.05) is 0 Å². The summed E-state index contributed by atoms with van der Waals surface area (Å²) in [6.07, 6.45) is -0.453. The zero-order valence-electron chi connectivity index (χ0n) is 11.1. The Kier molecular flexibility index (Phi) is 6.57. The molecule has 1 N–H and O–H groups in total. The van der Waals surface area contributed by atoms with Gasteiger partial charge in [-0.3, -0.25) is 4.90 Å². The van der Waals surface area contributed by atoms with Crippen LogP contribution in [0, 0.1) is 0 Å². The molecule has 1 atom stereocenters. The van der Waals surface area contributed by atoms with Gasteiger partial charge in [-0.25, -0.2) is 0 Å². The van der Waals surface area contributed by atoms with Crippen LogP contribution < -0.4 is 0 Å². The van der Waals surface area contributed by atoms with Crippen LogP contribution >= 0.6 is 12.4 Å². The lowest BCUT2D eigenvalue weighted by molar-refractivity contribution is 0.00647. The first-order valence-electron chi connectivity index (χ1n) is 6.25. The third kappa shape index (κ3) is 5.03. The predicted molar refractivity (Wildman–Crippen MR) is 81.1 cm³/mol. The first-order valence-corrected chi connectivity index (χ1v) is 6.25. The average Bonchev–Trinajstić information content (AvgIpc) is 2.40. The Morgan fingerprint density at radius 1 is 0.842 bits per heavy atom. The van der Waals surface area contributed by atoms with Crippen molar-refractivity contribution in [2.45, 2.75) is 26.2 Å². The average molecular weight is 278 g/mol. The number of aliphatic hydroxyl groups is 1. The van der Waals surface area contributed by atoms with Crippen LogP contribution in [-0.4, -0.2) is 16.2 Å². The van der Waals surface area contributed by atoms with Crippen LogP contribution in [0.3, 0.4) is 0 Å². The summed E-state index contributed by atoms with van der Waals surface area (Å²) in [5, 5.41) is 9.86. The molecule has 0 bridgehead atoms. The Labute approximate surface area is 121 Å². The van der Waals surface area contributed by atoms with Gasteiger partial charge in [-0.15, -0.1) is 12.4 Å². The second kappa shape index (κ2) is 7.95. The molecule has 0 amide bonds. The van der Waals surface area contributed by atoms with Crippen LogP contribution in [0.1, 0.15) is 18.1 Å². The van der Waals surface area contributed by atoms with Gasteiger partial charge in [-0.05, 0) is 18.1 Å². The van der Waals surface area contributed by atoms with Crippen LogP contribution in [0.4, 0.5) is 0 Å². The molecule has 0 aromatic heterocycles. The molecule has 0 aliphatic carbocycles. The van der Waals surface area contributed by atoms with Crippen molar-refractivity contribution in [1.29, 1.82) is 0 Å². The molecule has 0 saturated heterocycles. The lowest BCUT2D eigenvalue weighted by Gasteiger charge is -2.25. The first-order chi connectivity index (χ1) is 8.75. The molecule has 1 unspecified atom stereocenters. The molecule has 2 nitrogen and oxygen atoms in total. The third-order valence-electron chi connectivity index (χ3n) is 2.99. The maximum absolute atomic E-state index is 9.86. The smallest absolute Gasteiger partial charge is 0.105 e. The van der Waals surface area contributed by atoms with Gasteiger partial charge in [-0.1, -0.05) is 60.7 Å². The number of hydrogen-bond acceptors (Lipinski definition) is 2. The molecule has 0 aliphatic heterocycles. The number of halogens is 1. The van der Waals surface area contributed by atoms with E-state index in [1.807, 2.05) is 48.2 Å². The zero-order valence-corrected chi connectivity index (χ0v) is 11.9. The summed E-state index contributed by atoms with van der Waals surface area (Å²) in [5.41, 5.74) is 2.43. The van der Waals surface area contributed by atoms with Crippen molar-refractivity contribution >= 4 is 12.4 Å². The second-order valence-corrected chi connectivity index (χ2v) is 4.51. The van der Waals surface area contributed by atoms with Gasteiger partial charge in [0.05, 0.1) is 0 Å². The molecule has 3 heteroatoms. The fourth-order valence-corrected chi connectivity index (χ4v) is 1.96. The molecule has 0 saturated carbocycles. The van der Waals surface area contributed by atoms with Crippen molar-refractivity contribution in [3.63, 3.8) is 0 Å². The van der Waals surface area contributed by atoms with Gasteiger partial charge in [0, 0.05) is 13.1 Å². The molecule has 102 valence electrons. The summed E-state index contributed by atoms with van der Waals surface area (Å²) < 4.78 is 0. The van der Waals surface area contributed by atoms with Crippen LogP contribution in [-0.2, 0) is 13.1 Å². The van der Waals surface area contributed by atoms with Crippen molar-refractivity contribution < 1.29 is 5.11 Å². The predicted octanol–water partition coefficient (Wildman–Crippen LogP) is 3.45. The van der Waals surface area contributed by atoms with Gasteiger partial charge < -0.3 is 5.11 Å². The molecule has 0 spiro atoms. The van der Waals surface area contributed by atoms with Gasteiger partial charge in [0.1, 0.15) is 6.23 Å².